The number of hydrogen-bond acceptors (Lipinski definition) is 5. The number of nitrogens with one attached hydrogen (secondary N) is 1. The molecule has 0 saturated heterocycles. The number of aliphatic hydroxyl groups is 2. The van der Waals surface area contributed by atoms with Crippen molar-refractivity contribution < 1.29 is 28.0 Å². The predicted octanol–water partition coefficient (Wildman–Crippen LogP) is 6.25. The molecule has 0 fully saturated rings. The molecule has 3 atom stereocenters. The Hall–Kier alpha value is -1.22. The Bertz CT molecular complexity index is 707. The van der Waals surface area contributed by atoms with Crippen LogP contribution >= 0.6 is 0 Å². The van der Waals surface area contributed by atoms with Gasteiger partial charge in [0.25, 0.3) is 10.1 Å². The van der Waals surface area contributed by atoms with Gasteiger partial charge in [0.2, 0.25) is 5.91 Å². The van der Waals surface area contributed by atoms with Gasteiger partial charge >= 0.3 is 0 Å². The monoisotopic (exact) mass is 545 g/mol. The Morgan fingerprint density at radius 1 is 0.730 bits per heavy atom. The van der Waals surface area contributed by atoms with Crippen LogP contribution in [0.5, 0.6) is 0 Å². The number of aliphatic hydroxyl groups excluding tert-OH is 2. The summed E-state index contributed by atoms with van der Waals surface area (Å²) in [6, 6.07) is -1.23. The lowest BCUT2D eigenvalue weighted by Crippen LogP contribution is -2.50. The number of unbranched alkanes of at least 4 members (excludes halogenated alkanes) is 14. The molecule has 37 heavy (non-hydrogen) atoms. The Balaban J connectivity index is 4.33. The van der Waals surface area contributed by atoms with Crippen LogP contribution in [0.2, 0.25) is 0 Å². The van der Waals surface area contributed by atoms with E-state index in [1.165, 1.54) is 57.4 Å². The molecule has 0 spiro atoms. The second kappa shape index (κ2) is 23.9. The van der Waals surface area contributed by atoms with E-state index < -0.39 is 40.0 Å². The van der Waals surface area contributed by atoms with E-state index in [2.05, 4.69) is 31.3 Å². The summed E-state index contributed by atoms with van der Waals surface area (Å²) in [6.45, 7) is 4.38. The Labute approximate surface area is 227 Å². The summed E-state index contributed by atoms with van der Waals surface area (Å²) in [6.07, 6.45) is 23.9. The summed E-state index contributed by atoms with van der Waals surface area (Å²) < 4.78 is 32.1. The van der Waals surface area contributed by atoms with Crippen LogP contribution in [0.3, 0.4) is 0 Å². The molecule has 218 valence electrons. The summed E-state index contributed by atoms with van der Waals surface area (Å²) in [7, 11) is -4.43. The molecule has 7 nitrogen and oxygen atoms in total. The van der Waals surface area contributed by atoms with Gasteiger partial charge in [-0.15, -0.1) is 0 Å². The van der Waals surface area contributed by atoms with Crippen LogP contribution in [-0.2, 0) is 14.9 Å². The van der Waals surface area contributed by atoms with Gasteiger partial charge in [-0.05, 0) is 38.5 Å². The van der Waals surface area contributed by atoms with Crippen LogP contribution in [0.4, 0.5) is 0 Å². The van der Waals surface area contributed by atoms with Crippen LogP contribution in [0.25, 0.3) is 0 Å². The molecule has 0 aliphatic heterocycles. The molecule has 0 aromatic heterocycles. The predicted molar refractivity (Wildman–Crippen MR) is 153 cm³/mol. The second-order valence-corrected chi connectivity index (χ2v) is 11.7. The van der Waals surface area contributed by atoms with Crippen LogP contribution in [0.1, 0.15) is 129 Å². The van der Waals surface area contributed by atoms with Crippen LogP contribution in [-0.4, -0.2) is 53.1 Å². The van der Waals surface area contributed by atoms with Gasteiger partial charge in [-0.3, -0.25) is 9.35 Å². The van der Waals surface area contributed by atoms with Crippen molar-refractivity contribution in [3.8, 4) is 0 Å². The first kappa shape index (κ1) is 35.8. The number of allylic oxidation sites excluding steroid dienone is 3. The molecule has 0 bridgehead atoms. The highest BCUT2D eigenvalue weighted by molar-refractivity contribution is 7.85. The van der Waals surface area contributed by atoms with Gasteiger partial charge in [0.05, 0.1) is 17.9 Å². The summed E-state index contributed by atoms with van der Waals surface area (Å²) >= 11 is 0. The maximum Gasteiger partial charge on any atom is 0.267 e. The van der Waals surface area contributed by atoms with E-state index in [0.29, 0.717) is 6.42 Å². The van der Waals surface area contributed by atoms with Crippen molar-refractivity contribution in [2.75, 3.05) is 5.75 Å². The zero-order chi connectivity index (χ0) is 27.8. The van der Waals surface area contributed by atoms with Crippen LogP contribution in [0.15, 0.2) is 24.3 Å². The third-order valence-electron chi connectivity index (χ3n) is 6.48. The molecule has 0 aliphatic rings. The molecule has 0 aliphatic carbocycles. The highest BCUT2D eigenvalue weighted by Crippen LogP contribution is 2.12. The van der Waals surface area contributed by atoms with Crippen molar-refractivity contribution in [2.45, 2.75) is 148 Å². The molecular weight excluding hydrogens is 490 g/mol. The van der Waals surface area contributed by atoms with Crippen LogP contribution in [0, 0.1) is 0 Å². The maximum absolute atomic E-state index is 12.4. The minimum Gasteiger partial charge on any atom is -0.387 e. The van der Waals surface area contributed by atoms with Gasteiger partial charge in [0.1, 0.15) is 6.10 Å². The number of hydrogen-bond donors (Lipinski definition) is 4. The van der Waals surface area contributed by atoms with Crippen molar-refractivity contribution in [1.82, 2.24) is 5.32 Å². The lowest BCUT2D eigenvalue weighted by Gasteiger charge is -2.22. The van der Waals surface area contributed by atoms with Crippen molar-refractivity contribution in [3.05, 3.63) is 24.3 Å². The van der Waals surface area contributed by atoms with Gasteiger partial charge in [0.15, 0.2) is 0 Å². The fraction of sp³-hybridized carbons (Fsp3) is 0.828. The maximum atomic E-state index is 12.4. The fourth-order valence-electron chi connectivity index (χ4n) is 4.14. The number of rotatable bonds is 25. The van der Waals surface area contributed by atoms with Crippen LogP contribution < -0.4 is 5.32 Å². The molecule has 3 unspecified atom stereocenters. The largest absolute Gasteiger partial charge is 0.387 e. The van der Waals surface area contributed by atoms with Crippen molar-refractivity contribution in [1.29, 1.82) is 0 Å². The minimum absolute atomic E-state index is 0.265. The minimum atomic E-state index is -4.43. The van der Waals surface area contributed by atoms with Gasteiger partial charge in [-0.2, -0.15) is 8.42 Å². The smallest absolute Gasteiger partial charge is 0.267 e. The van der Waals surface area contributed by atoms with Crippen molar-refractivity contribution >= 4 is 16.0 Å². The third-order valence-corrected chi connectivity index (χ3v) is 7.26. The third kappa shape index (κ3) is 23.6. The van der Waals surface area contributed by atoms with Gasteiger partial charge in [-0.1, -0.05) is 115 Å². The lowest BCUT2D eigenvalue weighted by atomic mass is 10.1. The van der Waals surface area contributed by atoms with Crippen molar-refractivity contribution in [3.63, 3.8) is 0 Å². The standard InChI is InChI=1S/C29H55NO6S/c1-3-5-7-9-11-13-15-17-19-21-23-27(31)26(25-37(34,35)36)30-29(33)28(32)24-22-20-18-16-14-12-10-8-6-4-2/h10,12,21,23,26-28,31-32H,3-9,11,13-20,22,24-25H2,1-2H3,(H,30,33)(H,34,35,36)/b12-10-,23-21+. The molecular formula is C29H55NO6S. The normalized spacial score (nSPS) is 14.8. The highest BCUT2D eigenvalue weighted by Gasteiger charge is 2.27. The average Bonchev–Trinajstić information content (AvgIpc) is 2.84. The number of amides is 1. The first-order valence-corrected chi connectivity index (χ1v) is 16.3. The molecule has 0 saturated carbocycles. The Morgan fingerprint density at radius 3 is 1.78 bits per heavy atom. The average molecular weight is 546 g/mol. The molecule has 0 heterocycles. The Kier molecular flexibility index (Phi) is 23.1. The van der Waals surface area contributed by atoms with Gasteiger partial charge in [-0.25, -0.2) is 0 Å². The molecule has 0 radical (unpaired) electrons. The van der Waals surface area contributed by atoms with Gasteiger partial charge in [0, 0.05) is 0 Å². The molecule has 8 heteroatoms. The summed E-state index contributed by atoms with van der Waals surface area (Å²) in [5.74, 6) is -1.55. The summed E-state index contributed by atoms with van der Waals surface area (Å²) in [5, 5.41) is 23.0. The van der Waals surface area contributed by atoms with E-state index in [1.807, 2.05) is 0 Å². The molecule has 0 aromatic carbocycles. The first-order valence-electron chi connectivity index (χ1n) is 14.6. The number of carbonyl (C=O) groups is 1. The topological polar surface area (TPSA) is 124 Å². The van der Waals surface area contributed by atoms with E-state index in [4.69, 9.17) is 0 Å². The molecule has 0 rings (SSSR count). The van der Waals surface area contributed by atoms with E-state index >= 15 is 0 Å². The quantitative estimate of drug-likeness (QED) is 0.0610. The van der Waals surface area contributed by atoms with Crippen molar-refractivity contribution in [2.24, 2.45) is 0 Å². The SMILES string of the molecule is CCCC/C=C\CCCCCCC(O)C(=O)NC(CS(=O)(=O)O)C(O)/C=C/CCCCCCCCCC. The van der Waals surface area contributed by atoms with E-state index in [1.54, 1.807) is 6.08 Å². The lowest BCUT2D eigenvalue weighted by molar-refractivity contribution is -0.130. The zero-order valence-corrected chi connectivity index (χ0v) is 24.3. The first-order chi connectivity index (χ1) is 17.7. The highest BCUT2D eigenvalue weighted by atomic mass is 32.2. The number of carbonyl (C=O) groups excluding carboxylic acids is 1. The molecule has 4 N–H and O–H groups in total. The Morgan fingerprint density at radius 2 is 1.22 bits per heavy atom. The fourth-order valence-corrected chi connectivity index (χ4v) is 4.87. The van der Waals surface area contributed by atoms with E-state index in [-0.39, 0.29) is 6.42 Å². The van der Waals surface area contributed by atoms with E-state index in [9.17, 15) is 28.0 Å². The zero-order valence-electron chi connectivity index (χ0n) is 23.5. The summed E-state index contributed by atoms with van der Waals surface area (Å²) in [4.78, 5) is 12.4. The molecule has 0 aromatic rings. The summed E-state index contributed by atoms with van der Waals surface area (Å²) in [5.41, 5.74) is 0. The van der Waals surface area contributed by atoms with Gasteiger partial charge < -0.3 is 15.5 Å². The second-order valence-electron chi connectivity index (χ2n) is 10.2. The molecule has 1 amide bonds. The van der Waals surface area contributed by atoms with E-state index in [0.717, 1.165) is 51.4 Å².